The van der Waals surface area contributed by atoms with Crippen LogP contribution in [0.4, 0.5) is 11.5 Å². The zero-order valence-corrected chi connectivity index (χ0v) is 15.4. The molecule has 2 rings (SSSR count). The molecule has 0 atom stereocenters. The fraction of sp³-hybridized carbons (Fsp3) is 0.500. The molecule has 132 valence electrons. The van der Waals surface area contributed by atoms with Gasteiger partial charge in [0.05, 0.1) is 13.3 Å². The summed E-state index contributed by atoms with van der Waals surface area (Å²) in [7, 11) is 2.85. The Morgan fingerprint density at radius 2 is 1.96 bits per heavy atom. The Morgan fingerprint density at radius 3 is 2.46 bits per heavy atom. The van der Waals surface area contributed by atoms with E-state index in [4.69, 9.17) is 4.74 Å². The number of ether oxygens (including phenoxy) is 1. The summed E-state index contributed by atoms with van der Waals surface area (Å²) in [5.74, 6) is 1.19. The topological polar surface area (TPSA) is 102 Å². The largest absolute Gasteiger partial charge is 0.467 e. The predicted molar refractivity (Wildman–Crippen MR) is 91.0 cm³/mol. The number of imidazole rings is 1. The molecular formula is C14H22N6O3S. The molecular weight excluding hydrogens is 332 g/mol. The number of methoxy groups -OCH3 is 1. The van der Waals surface area contributed by atoms with Crippen LogP contribution < -0.4 is 14.4 Å². The van der Waals surface area contributed by atoms with E-state index >= 15 is 0 Å². The van der Waals surface area contributed by atoms with Crippen LogP contribution in [0.3, 0.4) is 0 Å². The summed E-state index contributed by atoms with van der Waals surface area (Å²) >= 11 is 0. The lowest BCUT2D eigenvalue weighted by molar-refractivity contribution is 0.380. The van der Waals surface area contributed by atoms with Crippen molar-refractivity contribution in [1.29, 1.82) is 0 Å². The van der Waals surface area contributed by atoms with E-state index in [1.807, 2.05) is 13.8 Å². The number of rotatable bonds is 6. The maximum atomic E-state index is 12.6. The Bertz CT molecular complexity index is 829. The third kappa shape index (κ3) is 3.58. The first-order chi connectivity index (χ1) is 11.2. The fourth-order valence-corrected chi connectivity index (χ4v) is 3.23. The van der Waals surface area contributed by atoms with Crippen LogP contribution in [0.15, 0.2) is 17.4 Å². The highest BCUT2D eigenvalue weighted by Crippen LogP contribution is 2.26. The second-order valence-corrected chi connectivity index (χ2v) is 7.43. The monoisotopic (exact) mass is 354 g/mol. The van der Waals surface area contributed by atoms with Crippen LogP contribution >= 0.6 is 0 Å². The molecule has 0 aliphatic carbocycles. The maximum absolute atomic E-state index is 12.6. The third-order valence-electron chi connectivity index (χ3n) is 3.28. The minimum atomic E-state index is -3.85. The summed E-state index contributed by atoms with van der Waals surface area (Å²) in [6, 6.07) is 0.154. The van der Waals surface area contributed by atoms with Crippen LogP contribution in [0, 0.1) is 0 Å². The second kappa shape index (κ2) is 6.63. The molecule has 0 aliphatic heterocycles. The van der Waals surface area contributed by atoms with Gasteiger partial charge < -0.3 is 14.2 Å². The first-order valence-corrected chi connectivity index (χ1v) is 8.78. The van der Waals surface area contributed by atoms with Crippen molar-refractivity contribution < 1.29 is 13.2 Å². The molecule has 9 nitrogen and oxygen atoms in total. The number of hydrogen-bond donors (Lipinski definition) is 1. The lowest BCUT2D eigenvalue weighted by atomic mass is 10.2. The molecule has 0 radical (unpaired) electrons. The van der Waals surface area contributed by atoms with Crippen molar-refractivity contribution >= 4 is 21.5 Å². The Hall–Kier alpha value is -2.36. The van der Waals surface area contributed by atoms with Gasteiger partial charge in [-0.2, -0.15) is 13.4 Å². The Morgan fingerprint density at radius 1 is 1.29 bits per heavy atom. The van der Waals surface area contributed by atoms with Crippen molar-refractivity contribution in [2.45, 2.75) is 24.8 Å². The first-order valence-electron chi connectivity index (χ1n) is 7.30. The van der Waals surface area contributed by atoms with E-state index in [-0.39, 0.29) is 22.6 Å². The molecule has 0 saturated carbocycles. The number of nitrogens with one attached hydrogen (secondary N) is 1. The van der Waals surface area contributed by atoms with Crippen LogP contribution in [0.5, 0.6) is 6.01 Å². The fourth-order valence-electron chi connectivity index (χ4n) is 2.18. The summed E-state index contributed by atoms with van der Waals surface area (Å²) in [4.78, 5) is 14.0. The summed E-state index contributed by atoms with van der Waals surface area (Å²) in [5, 5.41) is -0.0470. The highest BCUT2D eigenvalue weighted by molar-refractivity contribution is 7.92. The summed E-state index contributed by atoms with van der Waals surface area (Å²) < 4.78 is 34.4. The quantitative estimate of drug-likeness (QED) is 0.832. The zero-order valence-electron chi connectivity index (χ0n) is 14.6. The molecule has 2 aromatic rings. The molecule has 0 saturated heterocycles. The lowest BCUT2D eigenvalue weighted by Crippen LogP contribution is -2.19. The predicted octanol–water partition coefficient (Wildman–Crippen LogP) is 1.21. The Balaban J connectivity index is 2.41. The highest BCUT2D eigenvalue weighted by Gasteiger charge is 2.23. The minimum absolute atomic E-state index is 0.0470. The number of sulfonamides is 1. The minimum Gasteiger partial charge on any atom is -0.467 e. The number of nitrogens with zero attached hydrogens (tertiary/aromatic N) is 5. The van der Waals surface area contributed by atoms with E-state index in [9.17, 15) is 8.42 Å². The van der Waals surface area contributed by atoms with Crippen LogP contribution in [-0.2, 0) is 17.1 Å². The van der Waals surface area contributed by atoms with Crippen LogP contribution in [0.2, 0.25) is 0 Å². The van der Waals surface area contributed by atoms with Crippen molar-refractivity contribution in [3.05, 3.63) is 18.2 Å². The number of anilines is 2. The van der Waals surface area contributed by atoms with Crippen molar-refractivity contribution in [2.24, 2.45) is 7.05 Å². The van der Waals surface area contributed by atoms with E-state index < -0.39 is 10.0 Å². The van der Waals surface area contributed by atoms with E-state index in [0.717, 1.165) is 0 Å². The lowest BCUT2D eigenvalue weighted by Gasteiger charge is -2.16. The maximum Gasteiger partial charge on any atom is 0.318 e. The van der Waals surface area contributed by atoms with E-state index in [2.05, 4.69) is 19.7 Å². The molecule has 0 bridgehead atoms. The average Bonchev–Trinajstić information content (AvgIpc) is 2.90. The molecule has 1 N–H and O–H groups in total. The number of hydrogen-bond acceptors (Lipinski definition) is 7. The van der Waals surface area contributed by atoms with Gasteiger partial charge in [-0.25, -0.2) is 9.97 Å². The van der Waals surface area contributed by atoms with Gasteiger partial charge in [-0.3, -0.25) is 4.72 Å². The van der Waals surface area contributed by atoms with Gasteiger partial charge in [0.2, 0.25) is 0 Å². The zero-order chi connectivity index (χ0) is 18.1. The van der Waals surface area contributed by atoms with Gasteiger partial charge >= 0.3 is 6.01 Å². The molecule has 0 aromatic carbocycles. The average molecular weight is 354 g/mol. The molecule has 2 heterocycles. The summed E-state index contributed by atoms with van der Waals surface area (Å²) in [5.41, 5.74) is 0.248. The van der Waals surface area contributed by atoms with Gasteiger partial charge in [0.15, 0.2) is 10.8 Å². The molecule has 0 aliphatic rings. The van der Waals surface area contributed by atoms with Gasteiger partial charge in [-0.15, -0.1) is 0 Å². The van der Waals surface area contributed by atoms with E-state index in [1.165, 1.54) is 19.5 Å². The summed E-state index contributed by atoms with van der Waals surface area (Å²) in [6.45, 7) is 3.90. The van der Waals surface area contributed by atoms with Crippen molar-refractivity contribution in [3.63, 3.8) is 0 Å². The number of aryl methyl sites for hydroxylation is 1. The van der Waals surface area contributed by atoms with Gasteiger partial charge in [-0.05, 0) is 0 Å². The smallest absolute Gasteiger partial charge is 0.318 e. The van der Waals surface area contributed by atoms with E-state index in [0.29, 0.717) is 11.6 Å². The third-order valence-corrected chi connectivity index (χ3v) is 4.51. The van der Waals surface area contributed by atoms with Crippen molar-refractivity contribution in [1.82, 2.24) is 19.5 Å². The van der Waals surface area contributed by atoms with Crippen molar-refractivity contribution in [3.8, 4) is 6.01 Å². The normalized spacial score (nSPS) is 11.6. The standard InChI is InChI=1S/C14H22N6O3S/c1-9(2)12-16-11(8-20(12)5)24(21,22)18-10-7-15-14(23-6)17-13(10)19(3)4/h7-9,18H,1-6H3. The molecule has 0 fully saturated rings. The molecule has 0 unspecified atom stereocenters. The van der Waals surface area contributed by atoms with Gasteiger partial charge in [0.1, 0.15) is 11.5 Å². The van der Waals surface area contributed by atoms with Crippen LogP contribution in [0.25, 0.3) is 0 Å². The molecule has 0 amide bonds. The van der Waals surface area contributed by atoms with Gasteiger partial charge in [0.25, 0.3) is 10.0 Å². The van der Waals surface area contributed by atoms with Gasteiger partial charge in [-0.1, -0.05) is 13.8 Å². The molecule has 24 heavy (non-hydrogen) atoms. The highest BCUT2D eigenvalue weighted by atomic mass is 32.2. The van der Waals surface area contributed by atoms with E-state index in [1.54, 1.807) is 30.6 Å². The Labute approximate surface area is 141 Å². The van der Waals surface area contributed by atoms with Crippen molar-refractivity contribution in [2.75, 3.05) is 30.8 Å². The Kier molecular flexibility index (Phi) is 4.97. The first kappa shape index (κ1) is 18.0. The number of aromatic nitrogens is 4. The molecule has 10 heteroatoms. The van der Waals surface area contributed by atoms with Crippen LogP contribution in [-0.4, -0.2) is 49.1 Å². The molecule has 0 spiro atoms. The summed E-state index contributed by atoms with van der Waals surface area (Å²) in [6.07, 6.45) is 2.85. The SMILES string of the molecule is COc1ncc(NS(=O)(=O)c2cn(C)c(C(C)C)n2)c(N(C)C)n1. The second-order valence-electron chi connectivity index (χ2n) is 5.80. The van der Waals surface area contributed by atoms with Gasteiger partial charge in [0, 0.05) is 33.3 Å². The molecule has 2 aromatic heterocycles. The van der Waals surface area contributed by atoms with Crippen LogP contribution in [0.1, 0.15) is 25.6 Å².